The van der Waals surface area contributed by atoms with Crippen LogP contribution in [0.1, 0.15) is 54.6 Å². The highest BCUT2D eigenvalue weighted by molar-refractivity contribution is 5.99. The molecule has 5 nitrogen and oxygen atoms in total. The fourth-order valence-electron chi connectivity index (χ4n) is 2.36. The number of nitrogens with one attached hydrogen (secondary N) is 1. The van der Waals surface area contributed by atoms with Gasteiger partial charge in [0.25, 0.3) is 0 Å². The zero-order chi connectivity index (χ0) is 17.6. The quantitative estimate of drug-likeness (QED) is 0.722. The minimum atomic E-state index is -1.05. The predicted molar refractivity (Wildman–Crippen MR) is 88.5 cm³/mol. The first-order valence-electron chi connectivity index (χ1n) is 7.83. The molecule has 0 aromatic heterocycles. The van der Waals surface area contributed by atoms with Gasteiger partial charge in [0.05, 0.1) is 0 Å². The molecule has 1 aromatic carbocycles. The number of rotatable bonds is 8. The molecule has 0 heterocycles. The second kappa shape index (κ2) is 8.46. The van der Waals surface area contributed by atoms with Crippen LogP contribution in [0.2, 0.25) is 0 Å². The molecule has 2 N–H and O–H groups in total. The minimum absolute atomic E-state index is 0.00586. The number of Topliss-reactive ketones (excluding diaryl/α,β-unsaturated/α-hetero) is 1. The molecule has 0 saturated carbocycles. The van der Waals surface area contributed by atoms with Crippen LogP contribution in [0.3, 0.4) is 0 Å². The Balaban J connectivity index is 2.59. The van der Waals surface area contributed by atoms with Crippen LogP contribution in [0.4, 0.5) is 0 Å². The lowest BCUT2D eigenvalue weighted by molar-refractivity contribution is -0.142. The van der Waals surface area contributed by atoms with Crippen LogP contribution in [0.15, 0.2) is 18.2 Å². The maximum Gasteiger partial charge on any atom is 0.326 e. The largest absolute Gasteiger partial charge is 0.480 e. The van der Waals surface area contributed by atoms with Crippen LogP contribution in [0, 0.1) is 19.8 Å². The minimum Gasteiger partial charge on any atom is -0.480 e. The molecular weight excluding hydrogens is 294 g/mol. The Morgan fingerprint density at radius 2 is 1.78 bits per heavy atom. The number of amides is 1. The second-order valence-corrected chi connectivity index (χ2v) is 6.33. The van der Waals surface area contributed by atoms with Crippen molar-refractivity contribution in [2.45, 2.75) is 53.0 Å². The van der Waals surface area contributed by atoms with E-state index >= 15 is 0 Å². The van der Waals surface area contributed by atoms with Gasteiger partial charge >= 0.3 is 5.97 Å². The van der Waals surface area contributed by atoms with E-state index in [9.17, 15) is 14.4 Å². The number of hydrogen-bond acceptors (Lipinski definition) is 3. The molecule has 0 fully saturated rings. The molecule has 0 spiro atoms. The fourth-order valence-corrected chi connectivity index (χ4v) is 2.36. The van der Waals surface area contributed by atoms with Crippen molar-refractivity contribution in [1.82, 2.24) is 5.32 Å². The highest BCUT2D eigenvalue weighted by atomic mass is 16.4. The highest BCUT2D eigenvalue weighted by Crippen LogP contribution is 2.14. The van der Waals surface area contributed by atoms with Crippen LogP contribution in [-0.2, 0) is 9.59 Å². The van der Waals surface area contributed by atoms with Crippen LogP contribution in [0.5, 0.6) is 0 Å². The number of carboxylic acid groups (broad SMARTS) is 1. The van der Waals surface area contributed by atoms with Gasteiger partial charge in [-0.3, -0.25) is 9.59 Å². The summed E-state index contributed by atoms with van der Waals surface area (Å²) in [6.07, 6.45) is 0.435. The third-order valence-corrected chi connectivity index (χ3v) is 3.61. The predicted octanol–water partition coefficient (Wildman–Crippen LogP) is 2.88. The van der Waals surface area contributed by atoms with E-state index < -0.39 is 17.9 Å². The van der Waals surface area contributed by atoms with Gasteiger partial charge in [0.15, 0.2) is 5.78 Å². The number of benzene rings is 1. The van der Waals surface area contributed by atoms with E-state index in [4.69, 9.17) is 5.11 Å². The molecule has 23 heavy (non-hydrogen) atoms. The van der Waals surface area contributed by atoms with Gasteiger partial charge in [-0.15, -0.1) is 0 Å². The molecule has 0 aliphatic carbocycles. The van der Waals surface area contributed by atoms with Crippen molar-refractivity contribution in [1.29, 1.82) is 0 Å². The van der Waals surface area contributed by atoms with Gasteiger partial charge in [0, 0.05) is 18.4 Å². The first kappa shape index (κ1) is 18.9. The summed E-state index contributed by atoms with van der Waals surface area (Å²) in [5, 5.41) is 11.6. The van der Waals surface area contributed by atoms with Gasteiger partial charge in [-0.1, -0.05) is 31.5 Å². The first-order valence-corrected chi connectivity index (χ1v) is 7.83. The zero-order valence-corrected chi connectivity index (χ0v) is 14.2. The summed E-state index contributed by atoms with van der Waals surface area (Å²) in [5.41, 5.74) is 2.49. The van der Waals surface area contributed by atoms with Crippen molar-refractivity contribution in [2.24, 2.45) is 5.92 Å². The molecule has 0 radical (unpaired) electrons. The zero-order valence-electron chi connectivity index (χ0n) is 14.2. The Kier molecular flexibility index (Phi) is 6.94. The molecule has 1 rings (SSSR count). The summed E-state index contributed by atoms with van der Waals surface area (Å²) in [7, 11) is 0. The molecule has 0 unspecified atom stereocenters. The van der Waals surface area contributed by atoms with Crippen molar-refractivity contribution < 1.29 is 19.5 Å². The molecule has 1 amide bonds. The van der Waals surface area contributed by atoms with Gasteiger partial charge in [-0.2, -0.15) is 0 Å². The Morgan fingerprint density at radius 1 is 1.13 bits per heavy atom. The lowest BCUT2D eigenvalue weighted by atomic mass is 9.99. The van der Waals surface area contributed by atoms with E-state index in [-0.39, 0.29) is 24.5 Å². The Hall–Kier alpha value is -2.17. The Labute approximate surface area is 137 Å². The van der Waals surface area contributed by atoms with Crippen LogP contribution in [0.25, 0.3) is 0 Å². The Morgan fingerprint density at radius 3 is 2.35 bits per heavy atom. The third-order valence-electron chi connectivity index (χ3n) is 3.61. The number of hydrogen-bond donors (Lipinski definition) is 2. The summed E-state index contributed by atoms with van der Waals surface area (Å²) >= 11 is 0. The molecule has 126 valence electrons. The summed E-state index contributed by atoms with van der Waals surface area (Å²) in [4.78, 5) is 35.3. The molecule has 1 aromatic rings. The average Bonchev–Trinajstić information content (AvgIpc) is 2.46. The van der Waals surface area contributed by atoms with Crippen molar-refractivity contribution in [2.75, 3.05) is 0 Å². The summed E-state index contributed by atoms with van der Waals surface area (Å²) < 4.78 is 0. The second-order valence-electron chi connectivity index (χ2n) is 6.33. The number of carbonyl (C=O) groups is 3. The number of aliphatic carboxylic acids is 1. The third kappa shape index (κ3) is 6.22. The lowest BCUT2D eigenvalue weighted by Crippen LogP contribution is -2.41. The highest BCUT2D eigenvalue weighted by Gasteiger charge is 2.21. The van der Waals surface area contributed by atoms with Crippen molar-refractivity contribution >= 4 is 17.7 Å². The smallest absolute Gasteiger partial charge is 0.326 e. The van der Waals surface area contributed by atoms with Crippen LogP contribution >= 0.6 is 0 Å². The maximum absolute atomic E-state index is 12.2. The molecule has 0 bridgehead atoms. The maximum atomic E-state index is 12.2. The molecule has 0 saturated heterocycles. The molecule has 0 aliphatic heterocycles. The van der Waals surface area contributed by atoms with E-state index in [0.29, 0.717) is 12.0 Å². The number of aryl methyl sites for hydroxylation is 2. The van der Waals surface area contributed by atoms with E-state index in [1.165, 1.54) is 0 Å². The standard InChI is InChI=1S/C18H25NO4/c1-11(2)9-15(18(22)23)19-17(21)8-7-16(20)14-10-12(3)5-6-13(14)4/h5-6,10-11,15H,7-9H2,1-4H3,(H,19,21)(H,22,23)/t15-/m0/s1. The van der Waals surface area contributed by atoms with E-state index in [1.807, 2.05) is 45.9 Å². The van der Waals surface area contributed by atoms with Gasteiger partial charge in [0.2, 0.25) is 5.91 Å². The van der Waals surface area contributed by atoms with Crippen molar-refractivity contribution in [3.63, 3.8) is 0 Å². The van der Waals surface area contributed by atoms with Gasteiger partial charge in [0.1, 0.15) is 6.04 Å². The summed E-state index contributed by atoms with van der Waals surface area (Å²) in [5.74, 6) is -1.39. The fraction of sp³-hybridized carbons (Fsp3) is 0.500. The topological polar surface area (TPSA) is 83.5 Å². The monoisotopic (exact) mass is 319 g/mol. The van der Waals surface area contributed by atoms with Gasteiger partial charge < -0.3 is 10.4 Å². The van der Waals surface area contributed by atoms with Crippen molar-refractivity contribution in [3.8, 4) is 0 Å². The van der Waals surface area contributed by atoms with Gasteiger partial charge in [-0.05, 0) is 37.8 Å². The van der Waals surface area contributed by atoms with Crippen LogP contribution in [-0.4, -0.2) is 28.8 Å². The normalized spacial score (nSPS) is 12.0. The molecule has 1 atom stereocenters. The average molecular weight is 319 g/mol. The molecular formula is C18H25NO4. The van der Waals surface area contributed by atoms with E-state index in [2.05, 4.69) is 5.32 Å². The summed E-state index contributed by atoms with van der Waals surface area (Å²) in [6, 6.07) is 4.72. The molecule has 5 heteroatoms. The molecule has 0 aliphatic rings. The summed E-state index contributed by atoms with van der Waals surface area (Å²) in [6.45, 7) is 7.56. The first-order chi connectivity index (χ1) is 10.7. The SMILES string of the molecule is Cc1ccc(C)c(C(=O)CCC(=O)N[C@@H](CC(C)C)C(=O)O)c1. The Bertz CT molecular complexity index is 593. The van der Waals surface area contributed by atoms with Crippen molar-refractivity contribution in [3.05, 3.63) is 34.9 Å². The number of carboxylic acids is 1. The van der Waals surface area contributed by atoms with E-state index in [1.54, 1.807) is 0 Å². The van der Waals surface area contributed by atoms with Gasteiger partial charge in [-0.25, -0.2) is 4.79 Å². The van der Waals surface area contributed by atoms with E-state index in [0.717, 1.165) is 11.1 Å². The number of ketones is 1. The number of carbonyl (C=O) groups excluding carboxylic acids is 2. The van der Waals surface area contributed by atoms with Crippen LogP contribution < -0.4 is 5.32 Å². The lowest BCUT2D eigenvalue weighted by Gasteiger charge is -2.16.